The molecule has 1 heterocycles. The fourth-order valence-electron chi connectivity index (χ4n) is 1.62. The van der Waals surface area contributed by atoms with Gasteiger partial charge in [-0.3, -0.25) is 9.59 Å². The number of halogens is 1. The number of rotatable bonds is 6. The van der Waals surface area contributed by atoms with Gasteiger partial charge < -0.3 is 14.6 Å². The molecule has 1 aromatic heterocycles. The van der Waals surface area contributed by atoms with Gasteiger partial charge in [-0.15, -0.1) is 11.8 Å². The molecule has 2 rings (SSSR count). The zero-order valence-corrected chi connectivity index (χ0v) is 14.1. The summed E-state index contributed by atoms with van der Waals surface area (Å²) in [5.41, 5.74) is 0. The van der Waals surface area contributed by atoms with E-state index in [9.17, 15) is 9.59 Å². The van der Waals surface area contributed by atoms with Gasteiger partial charge in [0, 0.05) is 16.0 Å². The molecule has 122 valence electrons. The number of carbonyl (C=O) groups is 2. The SMILES string of the molecule is Cc1cc(NC(=O)COC(=O)[C@@H](C)Sc2ccc(Cl)cc2)no1. The van der Waals surface area contributed by atoms with E-state index in [4.69, 9.17) is 20.9 Å². The Morgan fingerprint density at radius 1 is 1.39 bits per heavy atom. The third-order valence-electron chi connectivity index (χ3n) is 2.70. The summed E-state index contributed by atoms with van der Waals surface area (Å²) >= 11 is 7.13. The highest BCUT2D eigenvalue weighted by Crippen LogP contribution is 2.25. The van der Waals surface area contributed by atoms with Crippen molar-refractivity contribution in [2.45, 2.75) is 24.0 Å². The van der Waals surface area contributed by atoms with Gasteiger partial charge in [0.15, 0.2) is 12.4 Å². The summed E-state index contributed by atoms with van der Waals surface area (Å²) in [6.45, 7) is 3.04. The van der Waals surface area contributed by atoms with Crippen molar-refractivity contribution in [2.75, 3.05) is 11.9 Å². The lowest BCUT2D eigenvalue weighted by Gasteiger charge is -2.11. The first-order valence-corrected chi connectivity index (χ1v) is 8.02. The van der Waals surface area contributed by atoms with Crippen molar-refractivity contribution in [1.29, 1.82) is 0 Å². The van der Waals surface area contributed by atoms with Crippen LogP contribution in [-0.2, 0) is 14.3 Å². The van der Waals surface area contributed by atoms with Crippen LogP contribution in [0.15, 0.2) is 39.8 Å². The van der Waals surface area contributed by atoms with E-state index in [-0.39, 0.29) is 12.4 Å². The molecule has 1 N–H and O–H groups in total. The monoisotopic (exact) mass is 354 g/mol. The Morgan fingerprint density at radius 2 is 2.09 bits per heavy atom. The quantitative estimate of drug-likeness (QED) is 0.633. The number of amides is 1. The average molecular weight is 355 g/mol. The number of benzene rings is 1. The van der Waals surface area contributed by atoms with Crippen molar-refractivity contribution in [2.24, 2.45) is 0 Å². The van der Waals surface area contributed by atoms with Crippen molar-refractivity contribution < 1.29 is 18.8 Å². The number of hydrogen-bond acceptors (Lipinski definition) is 6. The molecule has 1 amide bonds. The van der Waals surface area contributed by atoms with E-state index < -0.39 is 17.1 Å². The zero-order chi connectivity index (χ0) is 16.8. The molecule has 0 unspecified atom stereocenters. The molecule has 0 fully saturated rings. The summed E-state index contributed by atoms with van der Waals surface area (Å²) in [5.74, 6) is -0.0933. The zero-order valence-electron chi connectivity index (χ0n) is 12.5. The molecule has 2 aromatic rings. The predicted molar refractivity (Wildman–Crippen MR) is 87.6 cm³/mol. The molecule has 0 saturated carbocycles. The van der Waals surface area contributed by atoms with Gasteiger partial charge in [-0.05, 0) is 38.1 Å². The molecule has 0 aliphatic rings. The third-order valence-corrected chi connectivity index (χ3v) is 4.04. The minimum Gasteiger partial charge on any atom is -0.455 e. The molecule has 1 aromatic carbocycles. The second-order valence-electron chi connectivity index (χ2n) is 4.69. The summed E-state index contributed by atoms with van der Waals surface area (Å²) in [6, 6.07) is 8.69. The fourth-order valence-corrected chi connectivity index (χ4v) is 2.62. The van der Waals surface area contributed by atoms with Gasteiger partial charge in [0.1, 0.15) is 11.0 Å². The lowest BCUT2D eigenvalue weighted by molar-refractivity contribution is -0.146. The first-order chi connectivity index (χ1) is 10.9. The standard InChI is InChI=1S/C15H15ClN2O4S/c1-9-7-13(18-22-9)17-14(19)8-21-15(20)10(2)23-12-5-3-11(16)4-6-12/h3-7,10H,8H2,1-2H3,(H,17,18,19)/t10-/m1/s1. The highest BCUT2D eigenvalue weighted by molar-refractivity contribution is 8.00. The van der Waals surface area contributed by atoms with Gasteiger partial charge in [0.25, 0.3) is 5.91 Å². The van der Waals surface area contributed by atoms with E-state index in [1.807, 2.05) is 12.1 Å². The maximum atomic E-state index is 11.9. The van der Waals surface area contributed by atoms with Crippen LogP contribution in [0, 0.1) is 6.92 Å². The number of thioether (sulfide) groups is 1. The Labute approximate surface area is 142 Å². The Balaban J connectivity index is 1.77. The van der Waals surface area contributed by atoms with Crippen LogP contribution in [0.25, 0.3) is 0 Å². The molecule has 0 radical (unpaired) electrons. The summed E-state index contributed by atoms with van der Waals surface area (Å²) in [6.07, 6.45) is 0. The van der Waals surface area contributed by atoms with Gasteiger partial charge >= 0.3 is 5.97 Å². The number of esters is 1. The van der Waals surface area contributed by atoms with E-state index >= 15 is 0 Å². The van der Waals surface area contributed by atoms with Gasteiger partial charge in [-0.1, -0.05) is 16.8 Å². The highest BCUT2D eigenvalue weighted by Gasteiger charge is 2.17. The van der Waals surface area contributed by atoms with Crippen LogP contribution in [0.3, 0.4) is 0 Å². The van der Waals surface area contributed by atoms with Crippen molar-refractivity contribution >= 4 is 41.1 Å². The van der Waals surface area contributed by atoms with Crippen LogP contribution < -0.4 is 5.32 Å². The lowest BCUT2D eigenvalue weighted by Crippen LogP contribution is -2.24. The van der Waals surface area contributed by atoms with Crippen LogP contribution in [0.1, 0.15) is 12.7 Å². The largest absolute Gasteiger partial charge is 0.455 e. The summed E-state index contributed by atoms with van der Waals surface area (Å²) in [5, 5.41) is 6.27. The number of anilines is 1. The molecule has 0 bridgehead atoms. The third kappa shape index (κ3) is 5.61. The van der Waals surface area contributed by atoms with E-state index in [0.717, 1.165) is 4.90 Å². The summed E-state index contributed by atoms with van der Waals surface area (Å²) < 4.78 is 9.80. The van der Waals surface area contributed by atoms with Gasteiger partial charge in [0.05, 0.1) is 0 Å². The number of carbonyl (C=O) groups excluding carboxylic acids is 2. The van der Waals surface area contributed by atoms with E-state index in [2.05, 4.69) is 10.5 Å². The van der Waals surface area contributed by atoms with Crippen LogP contribution in [0.2, 0.25) is 5.02 Å². The first kappa shape index (κ1) is 17.4. The molecule has 0 spiro atoms. The summed E-state index contributed by atoms with van der Waals surface area (Å²) in [4.78, 5) is 24.4. The Morgan fingerprint density at radius 3 is 2.70 bits per heavy atom. The molecule has 0 aliphatic carbocycles. The lowest BCUT2D eigenvalue weighted by atomic mass is 10.4. The molecular formula is C15H15ClN2O4S. The number of aryl methyl sites for hydroxylation is 1. The van der Waals surface area contributed by atoms with E-state index in [1.54, 1.807) is 32.0 Å². The minimum absolute atomic E-state index is 0.284. The topological polar surface area (TPSA) is 81.4 Å². The molecule has 8 heteroatoms. The molecule has 1 atom stereocenters. The van der Waals surface area contributed by atoms with Crippen molar-refractivity contribution in [1.82, 2.24) is 5.16 Å². The van der Waals surface area contributed by atoms with Crippen LogP contribution >= 0.6 is 23.4 Å². The molecule has 0 aliphatic heterocycles. The van der Waals surface area contributed by atoms with Crippen molar-refractivity contribution in [3.8, 4) is 0 Å². The number of hydrogen-bond donors (Lipinski definition) is 1. The van der Waals surface area contributed by atoms with E-state index in [0.29, 0.717) is 10.8 Å². The van der Waals surface area contributed by atoms with Gasteiger partial charge in [-0.25, -0.2) is 0 Å². The highest BCUT2D eigenvalue weighted by atomic mass is 35.5. The number of nitrogens with one attached hydrogen (secondary N) is 1. The predicted octanol–water partition coefficient (Wildman–Crippen LogP) is 3.30. The molecule has 0 saturated heterocycles. The maximum Gasteiger partial charge on any atom is 0.319 e. The Hall–Kier alpha value is -1.99. The smallest absolute Gasteiger partial charge is 0.319 e. The number of ether oxygens (including phenoxy) is 1. The second-order valence-corrected chi connectivity index (χ2v) is 6.54. The summed E-state index contributed by atoms with van der Waals surface area (Å²) in [7, 11) is 0. The number of aromatic nitrogens is 1. The van der Waals surface area contributed by atoms with Crippen molar-refractivity contribution in [3.05, 3.63) is 41.1 Å². The van der Waals surface area contributed by atoms with Crippen LogP contribution in [0.5, 0.6) is 0 Å². The normalized spacial score (nSPS) is 11.8. The van der Waals surface area contributed by atoms with Gasteiger partial charge in [-0.2, -0.15) is 0 Å². The fraction of sp³-hybridized carbons (Fsp3) is 0.267. The van der Waals surface area contributed by atoms with Crippen LogP contribution in [0.4, 0.5) is 5.82 Å². The Bertz CT molecular complexity index is 687. The number of nitrogens with zero attached hydrogens (tertiary/aromatic N) is 1. The average Bonchev–Trinajstić information content (AvgIpc) is 2.92. The van der Waals surface area contributed by atoms with Gasteiger partial charge in [0.2, 0.25) is 0 Å². The maximum absolute atomic E-state index is 11.9. The second kappa shape index (κ2) is 8.03. The van der Waals surface area contributed by atoms with E-state index in [1.165, 1.54) is 11.8 Å². The molecule has 23 heavy (non-hydrogen) atoms. The Kier molecular flexibility index (Phi) is 6.06. The molecular weight excluding hydrogens is 340 g/mol. The minimum atomic E-state index is -0.477. The first-order valence-electron chi connectivity index (χ1n) is 6.76. The van der Waals surface area contributed by atoms with Crippen LogP contribution in [-0.4, -0.2) is 28.9 Å². The molecule has 6 nitrogen and oxygen atoms in total. The van der Waals surface area contributed by atoms with Crippen molar-refractivity contribution in [3.63, 3.8) is 0 Å².